The van der Waals surface area contributed by atoms with Crippen LogP contribution in [0.2, 0.25) is 0 Å². The van der Waals surface area contributed by atoms with E-state index in [9.17, 15) is 4.79 Å². The molecule has 0 N–H and O–H groups in total. The average molecular weight is 329 g/mol. The molecular weight excluding hydrogens is 310 g/mol. The van der Waals surface area contributed by atoms with Crippen LogP contribution in [0.4, 0.5) is 0 Å². The Bertz CT molecular complexity index is 713. The lowest BCUT2D eigenvalue weighted by Crippen LogP contribution is -2.27. The van der Waals surface area contributed by atoms with E-state index in [0.29, 0.717) is 25.7 Å². The van der Waals surface area contributed by atoms with Crippen molar-refractivity contribution < 1.29 is 14.3 Å². The molecule has 2 atom stereocenters. The SMILES string of the molecule is CN(Cc1cccs1)C(=O)[C@@H]1C[C@H]1c1ccc2c(c1)OCCO2. The Morgan fingerprint density at radius 2 is 2.09 bits per heavy atom. The molecular formula is C18H19NO3S. The van der Waals surface area contributed by atoms with Crippen molar-refractivity contribution in [2.24, 2.45) is 5.92 Å². The summed E-state index contributed by atoms with van der Waals surface area (Å²) in [6.07, 6.45) is 0.924. The lowest BCUT2D eigenvalue weighted by molar-refractivity contribution is -0.131. The number of benzene rings is 1. The molecule has 1 aliphatic heterocycles. The second kappa shape index (κ2) is 5.89. The van der Waals surface area contributed by atoms with Gasteiger partial charge in [-0.1, -0.05) is 12.1 Å². The third-order valence-corrected chi connectivity index (χ3v) is 5.31. The number of hydrogen-bond donors (Lipinski definition) is 0. The molecule has 23 heavy (non-hydrogen) atoms. The fourth-order valence-electron chi connectivity index (χ4n) is 3.12. The third-order valence-electron chi connectivity index (χ3n) is 4.45. The van der Waals surface area contributed by atoms with Gasteiger partial charge in [0.05, 0.1) is 6.54 Å². The second-order valence-electron chi connectivity index (χ2n) is 6.13. The first-order valence-electron chi connectivity index (χ1n) is 7.89. The van der Waals surface area contributed by atoms with Crippen molar-refractivity contribution in [3.8, 4) is 11.5 Å². The van der Waals surface area contributed by atoms with Gasteiger partial charge in [0.2, 0.25) is 5.91 Å². The first-order valence-corrected chi connectivity index (χ1v) is 8.77. The maximum atomic E-state index is 12.6. The summed E-state index contributed by atoms with van der Waals surface area (Å²) < 4.78 is 11.2. The molecule has 0 spiro atoms. The van der Waals surface area contributed by atoms with Gasteiger partial charge in [0.25, 0.3) is 0 Å². The Kier molecular flexibility index (Phi) is 3.73. The van der Waals surface area contributed by atoms with Gasteiger partial charge in [-0.3, -0.25) is 4.79 Å². The third kappa shape index (κ3) is 2.93. The molecule has 4 rings (SSSR count). The molecule has 1 aliphatic carbocycles. The Morgan fingerprint density at radius 3 is 2.87 bits per heavy atom. The number of carbonyl (C=O) groups excluding carboxylic acids is 1. The second-order valence-corrected chi connectivity index (χ2v) is 7.16. The number of carbonyl (C=O) groups is 1. The van der Waals surface area contributed by atoms with E-state index in [-0.39, 0.29) is 11.8 Å². The molecule has 4 nitrogen and oxygen atoms in total. The van der Waals surface area contributed by atoms with Crippen molar-refractivity contribution in [2.75, 3.05) is 20.3 Å². The summed E-state index contributed by atoms with van der Waals surface area (Å²) in [6.45, 7) is 1.89. The normalized spacial score (nSPS) is 21.8. The summed E-state index contributed by atoms with van der Waals surface area (Å²) in [7, 11) is 1.89. The smallest absolute Gasteiger partial charge is 0.226 e. The molecule has 1 aromatic heterocycles. The van der Waals surface area contributed by atoms with Crippen molar-refractivity contribution in [2.45, 2.75) is 18.9 Å². The Hall–Kier alpha value is -2.01. The van der Waals surface area contributed by atoms with Crippen LogP contribution in [0.5, 0.6) is 11.5 Å². The minimum atomic E-state index is 0.0996. The molecule has 5 heteroatoms. The highest BCUT2D eigenvalue weighted by molar-refractivity contribution is 7.09. The number of ether oxygens (including phenoxy) is 2. The zero-order valence-corrected chi connectivity index (χ0v) is 13.8. The van der Waals surface area contributed by atoms with E-state index in [2.05, 4.69) is 12.1 Å². The molecule has 2 heterocycles. The predicted molar refractivity (Wildman–Crippen MR) is 89.1 cm³/mol. The fraction of sp³-hybridized carbons (Fsp3) is 0.389. The monoisotopic (exact) mass is 329 g/mol. The Morgan fingerprint density at radius 1 is 1.26 bits per heavy atom. The lowest BCUT2D eigenvalue weighted by Gasteiger charge is -2.19. The number of amides is 1. The van der Waals surface area contributed by atoms with E-state index in [4.69, 9.17) is 9.47 Å². The zero-order valence-electron chi connectivity index (χ0n) is 13.0. The zero-order chi connectivity index (χ0) is 15.8. The molecule has 1 amide bonds. The molecule has 0 saturated heterocycles. The summed E-state index contributed by atoms with van der Waals surface area (Å²) in [5.74, 6) is 2.25. The van der Waals surface area contributed by atoms with E-state index in [1.807, 2.05) is 35.5 Å². The first kappa shape index (κ1) is 14.6. The maximum Gasteiger partial charge on any atom is 0.226 e. The van der Waals surface area contributed by atoms with Crippen LogP contribution in [0.3, 0.4) is 0 Å². The maximum absolute atomic E-state index is 12.6. The van der Waals surface area contributed by atoms with E-state index in [1.54, 1.807) is 11.3 Å². The van der Waals surface area contributed by atoms with Gasteiger partial charge in [-0.15, -0.1) is 11.3 Å². The van der Waals surface area contributed by atoms with Crippen LogP contribution >= 0.6 is 11.3 Å². The van der Waals surface area contributed by atoms with Crippen LogP contribution in [0.25, 0.3) is 0 Å². The van der Waals surface area contributed by atoms with Crippen LogP contribution in [0, 0.1) is 5.92 Å². The highest BCUT2D eigenvalue weighted by Crippen LogP contribution is 2.50. The summed E-state index contributed by atoms with van der Waals surface area (Å²) in [6, 6.07) is 10.1. The molecule has 1 fully saturated rings. The largest absolute Gasteiger partial charge is 0.486 e. The van der Waals surface area contributed by atoms with Crippen LogP contribution in [-0.4, -0.2) is 31.1 Å². The molecule has 1 saturated carbocycles. The van der Waals surface area contributed by atoms with Gasteiger partial charge in [-0.2, -0.15) is 0 Å². The Labute approximate surface area is 139 Å². The summed E-state index contributed by atoms with van der Waals surface area (Å²) >= 11 is 1.69. The molecule has 2 aromatic rings. The minimum absolute atomic E-state index is 0.0996. The molecule has 1 aromatic carbocycles. The van der Waals surface area contributed by atoms with Crippen molar-refractivity contribution in [3.63, 3.8) is 0 Å². The quantitative estimate of drug-likeness (QED) is 0.864. The van der Waals surface area contributed by atoms with Crippen molar-refractivity contribution in [3.05, 3.63) is 46.2 Å². The van der Waals surface area contributed by atoms with Crippen LogP contribution in [0.15, 0.2) is 35.7 Å². The van der Waals surface area contributed by atoms with Gasteiger partial charge in [0, 0.05) is 17.8 Å². The van der Waals surface area contributed by atoms with Crippen LogP contribution in [0.1, 0.15) is 22.8 Å². The highest BCUT2D eigenvalue weighted by atomic mass is 32.1. The number of nitrogens with zero attached hydrogens (tertiary/aromatic N) is 1. The first-order chi connectivity index (χ1) is 11.2. The van der Waals surface area contributed by atoms with E-state index in [1.165, 1.54) is 10.4 Å². The summed E-state index contributed by atoms with van der Waals surface area (Å²) in [4.78, 5) is 15.6. The fourth-order valence-corrected chi connectivity index (χ4v) is 3.88. The molecule has 0 bridgehead atoms. The summed E-state index contributed by atoms with van der Waals surface area (Å²) in [5, 5.41) is 2.04. The van der Waals surface area contributed by atoms with Crippen LogP contribution in [-0.2, 0) is 11.3 Å². The number of thiophene rings is 1. The average Bonchev–Trinajstić information content (AvgIpc) is 3.22. The predicted octanol–water partition coefficient (Wildman–Crippen LogP) is 3.28. The Balaban J connectivity index is 1.42. The van der Waals surface area contributed by atoms with E-state index in [0.717, 1.165) is 17.9 Å². The van der Waals surface area contributed by atoms with Gasteiger partial charge in [0.1, 0.15) is 13.2 Å². The number of hydrogen-bond acceptors (Lipinski definition) is 4. The van der Waals surface area contributed by atoms with Gasteiger partial charge in [-0.05, 0) is 41.5 Å². The van der Waals surface area contributed by atoms with Gasteiger partial charge in [0.15, 0.2) is 11.5 Å². The number of fused-ring (bicyclic) bond motifs is 1. The number of rotatable bonds is 4. The van der Waals surface area contributed by atoms with E-state index >= 15 is 0 Å². The molecule has 0 radical (unpaired) electrons. The highest BCUT2D eigenvalue weighted by Gasteiger charge is 2.45. The molecule has 120 valence electrons. The topological polar surface area (TPSA) is 38.8 Å². The minimum Gasteiger partial charge on any atom is -0.486 e. The molecule has 0 unspecified atom stereocenters. The molecule has 2 aliphatic rings. The standard InChI is InChI=1S/C18H19NO3S/c1-19(11-13-3-2-8-23-13)18(20)15-10-14(15)12-4-5-16-17(9-12)22-7-6-21-16/h2-5,8-9,14-15H,6-7,10-11H2,1H3/t14-,15+/m0/s1. The van der Waals surface area contributed by atoms with Crippen LogP contribution < -0.4 is 9.47 Å². The van der Waals surface area contributed by atoms with Crippen molar-refractivity contribution in [1.82, 2.24) is 4.90 Å². The van der Waals surface area contributed by atoms with Gasteiger partial charge < -0.3 is 14.4 Å². The lowest BCUT2D eigenvalue weighted by atomic mass is 10.1. The van der Waals surface area contributed by atoms with Gasteiger partial charge in [-0.25, -0.2) is 0 Å². The van der Waals surface area contributed by atoms with E-state index < -0.39 is 0 Å². The summed E-state index contributed by atoms with van der Waals surface area (Å²) in [5.41, 5.74) is 1.18. The van der Waals surface area contributed by atoms with Crippen molar-refractivity contribution in [1.29, 1.82) is 0 Å². The van der Waals surface area contributed by atoms with Crippen molar-refractivity contribution >= 4 is 17.2 Å². The van der Waals surface area contributed by atoms with Gasteiger partial charge >= 0.3 is 0 Å².